The first-order valence-corrected chi connectivity index (χ1v) is 7.14. The molecule has 1 aliphatic carbocycles. The van der Waals surface area contributed by atoms with Crippen molar-refractivity contribution in [3.8, 4) is 0 Å². The predicted molar refractivity (Wildman–Crippen MR) is 81.2 cm³/mol. The maximum atomic E-state index is 6.02. The molecule has 3 nitrogen and oxygen atoms in total. The number of nitrogens with zero attached hydrogens (tertiary/aromatic N) is 1. The van der Waals surface area contributed by atoms with Gasteiger partial charge >= 0.3 is 0 Å². The van der Waals surface area contributed by atoms with Gasteiger partial charge in [-0.3, -0.25) is 4.98 Å². The predicted octanol–water partition coefficient (Wildman–Crippen LogP) is 3.81. The van der Waals surface area contributed by atoms with Gasteiger partial charge in [-0.15, -0.1) is 0 Å². The molecule has 1 aliphatic rings. The number of rotatable bonds is 3. The first-order chi connectivity index (χ1) is 9.25. The van der Waals surface area contributed by atoms with E-state index in [0.717, 1.165) is 28.1 Å². The van der Waals surface area contributed by atoms with Crippen molar-refractivity contribution in [2.75, 3.05) is 11.1 Å². The third kappa shape index (κ3) is 2.37. The monoisotopic (exact) mass is 255 g/mol. The highest BCUT2D eigenvalue weighted by atomic mass is 14.9. The van der Waals surface area contributed by atoms with Crippen LogP contribution in [-0.4, -0.2) is 11.0 Å². The Morgan fingerprint density at radius 2 is 2.00 bits per heavy atom. The van der Waals surface area contributed by atoms with Crippen molar-refractivity contribution in [1.82, 2.24) is 4.98 Å². The summed E-state index contributed by atoms with van der Waals surface area (Å²) in [5, 5.41) is 5.86. The fraction of sp³-hybridized carbons (Fsp3) is 0.438. The van der Waals surface area contributed by atoms with Gasteiger partial charge in [0.15, 0.2) is 0 Å². The zero-order valence-corrected chi connectivity index (χ0v) is 11.4. The molecular weight excluding hydrogens is 234 g/mol. The van der Waals surface area contributed by atoms with E-state index >= 15 is 0 Å². The second-order valence-corrected chi connectivity index (χ2v) is 5.60. The van der Waals surface area contributed by atoms with Crippen LogP contribution in [0.5, 0.6) is 0 Å². The zero-order chi connectivity index (χ0) is 13.2. The van der Waals surface area contributed by atoms with Crippen molar-refractivity contribution in [3.63, 3.8) is 0 Å². The Kier molecular flexibility index (Phi) is 3.28. The summed E-state index contributed by atoms with van der Waals surface area (Å²) in [4.78, 5) is 4.22. The molecular formula is C16H21N3. The minimum Gasteiger partial charge on any atom is -0.398 e. The van der Waals surface area contributed by atoms with Gasteiger partial charge < -0.3 is 11.1 Å². The van der Waals surface area contributed by atoms with Crippen LogP contribution >= 0.6 is 0 Å². The second-order valence-electron chi connectivity index (χ2n) is 5.60. The standard InChI is InChI=1S/C16H21N3/c1-11(12-4-2-3-5-12)19-16-7-6-15(17)13-8-9-18-10-14(13)16/h6-12,19H,2-5,17H2,1H3. The lowest BCUT2D eigenvalue weighted by Crippen LogP contribution is -2.23. The summed E-state index contributed by atoms with van der Waals surface area (Å²) < 4.78 is 0. The fourth-order valence-electron chi connectivity index (χ4n) is 3.16. The summed E-state index contributed by atoms with van der Waals surface area (Å²) in [5.74, 6) is 0.796. The van der Waals surface area contributed by atoms with Crippen molar-refractivity contribution in [1.29, 1.82) is 0 Å². The summed E-state index contributed by atoms with van der Waals surface area (Å²) in [6.45, 7) is 2.29. The average molecular weight is 255 g/mol. The van der Waals surface area contributed by atoms with Gasteiger partial charge in [0.1, 0.15) is 0 Å². The minimum atomic E-state index is 0.509. The van der Waals surface area contributed by atoms with Crippen LogP contribution in [-0.2, 0) is 0 Å². The van der Waals surface area contributed by atoms with Gasteiger partial charge in [-0.05, 0) is 43.9 Å². The van der Waals surface area contributed by atoms with E-state index in [4.69, 9.17) is 5.73 Å². The second kappa shape index (κ2) is 5.08. The Hall–Kier alpha value is -1.77. The molecule has 3 N–H and O–H groups in total. The lowest BCUT2D eigenvalue weighted by Gasteiger charge is -2.22. The SMILES string of the molecule is CC(Nc1ccc(N)c2ccncc12)C1CCCC1. The summed E-state index contributed by atoms with van der Waals surface area (Å²) in [6, 6.07) is 6.54. The van der Waals surface area contributed by atoms with Gasteiger partial charge in [0.05, 0.1) is 0 Å². The number of pyridine rings is 1. The number of fused-ring (bicyclic) bond motifs is 1. The highest BCUT2D eigenvalue weighted by molar-refractivity contribution is 6.00. The number of aromatic nitrogens is 1. The van der Waals surface area contributed by atoms with Gasteiger partial charge in [-0.25, -0.2) is 0 Å². The molecule has 0 radical (unpaired) electrons. The van der Waals surface area contributed by atoms with Gasteiger partial charge in [0, 0.05) is 40.6 Å². The number of nitrogen functional groups attached to an aromatic ring is 1. The highest BCUT2D eigenvalue weighted by Crippen LogP contribution is 2.32. The van der Waals surface area contributed by atoms with Crippen molar-refractivity contribution in [2.24, 2.45) is 5.92 Å². The zero-order valence-electron chi connectivity index (χ0n) is 11.4. The molecule has 1 heterocycles. The Morgan fingerprint density at radius 1 is 1.21 bits per heavy atom. The highest BCUT2D eigenvalue weighted by Gasteiger charge is 2.21. The van der Waals surface area contributed by atoms with E-state index in [1.165, 1.54) is 25.7 Å². The molecule has 1 fully saturated rings. The van der Waals surface area contributed by atoms with Gasteiger partial charge in [0.25, 0.3) is 0 Å². The van der Waals surface area contributed by atoms with Crippen LogP contribution in [0.4, 0.5) is 11.4 Å². The van der Waals surface area contributed by atoms with Crippen LogP contribution in [0, 0.1) is 5.92 Å². The number of hydrogen-bond acceptors (Lipinski definition) is 3. The molecule has 3 rings (SSSR count). The molecule has 0 bridgehead atoms. The van der Waals surface area contributed by atoms with Crippen LogP contribution in [0.3, 0.4) is 0 Å². The number of hydrogen-bond donors (Lipinski definition) is 2. The lowest BCUT2D eigenvalue weighted by atomic mass is 9.99. The number of nitrogens with two attached hydrogens (primary N) is 1. The summed E-state index contributed by atoms with van der Waals surface area (Å²) in [6.07, 6.45) is 9.14. The number of nitrogens with one attached hydrogen (secondary N) is 1. The van der Waals surface area contributed by atoms with Crippen LogP contribution in [0.15, 0.2) is 30.6 Å². The van der Waals surface area contributed by atoms with E-state index in [2.05, 4.69) is 23.3 Å². The molecule has 19 heavy (non-hydrogen) atoms. The normalized spacial score (nSPS) is 17.7. The quantitative estimate of drug-likeness (QED) is 0.820. The molecule has 1 atom stereocenters. The molecule has 3 heteroatoms. The minimum absolute atomic E-state index is 0.509. The average Bonchev–Trinajstić information content (AvgIpc) is 2.96. The summed E-state index contributed by atoms with van der Waals surface area (Å²) >= 11 is 0. The van der Waals surface area contributed by atoms with Crippen LogP contribution < -0.4 is 11.1 Å². The molecule has 0 spiro atoms. The van der Waals surface area contributed by atoms with E-state index in [-0.39, 0.29) is 0 Å². The smallest absolute Gasteiger partial charge is 0.0439 e. The fourth-order valence-corrected chi connectivity index (χ4v) is 3.16. The van der Waals surface area contributed by atoms with Crippen molar-refractivity contribution in [2.45, 2.75) is 38.6 Å². The molecule has 0 saturated heterocycles. The van der Waals surface area contributed by atoms with Crippen molar-refractivity contribution in [3.05, 3.63) is 30.6 Å². The van der Waals surface area contributed by atoms with Crippen LogP contribution in [0.2, 0.25) is 0 Å². The summed E-state index contributed by atoms with van der Waals surface area (Å²) in [7, 11) is 0. The first-order valence-electron chi connectivity index (χ1n) is 7.14. The van der Waals surface area contributed by atoms with E-state index in [1.54, 1.807) is 6.20 Å². The largest absolute Gasteiger partial charge is 0.398 e. The number of benzene rings is 1. The Balaban J connectivity index is 1.90. The van der Waals surface area contributed by atoms with E-state index in [1.807, 2.05) is 18.3 Å². The van der Waals surface area contributed by atoms with Crippen molar-refractivity contribution >= 4 is 22.1 Å². The van der Waals surface area contributed by atoms with E-state index in [9.17, 15) is 0 Å². The van der Waals surface area contributed by atoms with Gasteiger partial charge in [-0.2, -0.15) is 0 Å². The Labute approximate surface area is 114 Å². The molecule has 1 unspecified atom stereocenters. The third-order valence-electron chi connectivity index (χ3n) is 4.34. The summed E-state index contributed by atoms with van der Waals surface area (Å²) in [5.41, 5.74) is 7.99. The lowest BCUT2D eigenvalue weighted by molar-refractivity contribution is 0.482. The maximum absolute atomic E-state index is 6.02. The molecule has 0 amide bonds. The molecule has 0 aliphatic heterocycles. The van der Waals surface area contributed by atoms with Gasteiger partial charge in [0.2, 0.25) is 0 Å². The first kappa shape index (κ1) is 12.3. The van der Waals surface area contributed by atoms with Gasteiger partial charge in [-0.1, -0.05) is 12.8 Å². The van der Waals surface area contributed by atoms with Crippen LogP contribution in [0.25, 0.3) is 10.8 Å². The van der Waals surface area contributed by atoms with E-state index < -0.39 is 0 Å². The molecule has 1 saturated carbocycles. The Bertz CT molecular complexity index is 573. The van der Waals surface area contributed by atoms with Crippen molar-refractivity contribution < 1.29 is 0 Å². The molecule has 1 aromatic heterocycles. The Morgan fingerprint density at radius 3 is 2.79 bits per heavy atom. The molecule has 1 aromatic carbocycles. The maximum Gasteiger partial charge on any atom is 0.0439 e. The van der Waals surface area contributed by atoms with E-state index in [0.29, 0.717) is 6.04 Å². The topological polar surface area (TPSA) is 50.9 Å². The third-order valence-corrected chi connectivity index (χ3v) is 4.34. The number of anilines is 2. The molecule has 100 valence electrons. The van der Waals surface area contributed by atoms with Crippen LogP contribution in [0.1, 0.15) is 32.6 Å². The molecule has 2 aromatic rings.